The van der Waals surface area contributed by atoms with Crippen molar-refractivity contribution in [3.05, 3.63) is 42.0 Å². The van der Waals surface area contributed by atoms with Gasteiger partial charge in [-0.1, -0.05) is 24.3 Å². The molecule has 19 heavy (non-hydrogen) atoms. The number of fused-ring (bicyclic) bond motifs is 1. The maximum absolute atomic E-state index is 12.8. The monoisotopic (exact) mass is 266 g/mol. The van der Waals surface area contributed by atoms with Crippen LogP contribution in [0.5, 0.6) is 5.75 Å². The van der Waals surface area contributed by atoms with Crippen LogP contribution in [-0.4, -0.2) is 24.6 Å². The Bertz CT molecular complexity index is 611. The molecule has 0 aromatic heterocycles. The predicted octanol–water partition coefficient (Wildman–Crippen LogP) is 3.28. The zero-order chi connectivity index (χ0) is 14.0. The van der Waals surface area contributed by atoms with Gasteiger partial charge in [-0.15, -0.1) is 0 Å². The van der Waals surface area contributed by atoms with E-state index in [2.05, 4.69) is 0 Å². The lowest BCUT2D eigenvalue weighted by atomic mass is 9.96. The Morgan fingerprint density at radius 3 is 2.37 bits per heavy atom. The summed E-state index contributed by atoms with van der Waals surface area (Å²) in [6.45, 7) is 0. The third-order valence-corrected chi connectivity index (χ3v) is 2.95. The fraction of sp³-hybridized carbons (Fsp3) is 0.214. The molecule has 0 aliphatic rings. The Hall–Kier alpha value is -2.17. The summed E-state index contributed by atoms with van der Waals surface area (Å²) in [5, 5.41) is 10.4. The first-order valence-electron chi connectivity index (χ1n) is 5.61. The number of rotatable bonds is 4. The molecule has 1 unspecified atom stereocenters. The molecule has 0 spiro atoms. The molecule has 1 atom stereocenters. The van der Waals surface area contributed by atoms with E-state index in [0.717, 1.165) is 5.39 Å². The van der Waals surface area contributed by atoms with Gasteiger partial charge in [-0.2, -0.15) is 0 Å². The van der Waals surface area contributed by atoms with Crippen LogP contribution in [0.15, 0.2) is 36.4 Å². The summed E-state index contributed by atoms with van der Waals surface area (Å²) in [6, 6.07) is 9.67. The van der Waals surface area contributed by atoms with Crippen molar-refractivity contribution in [2.75, 3.05) is 7.11 Å². The second-order valence-electron chi connectivity index (χ2n) is 4.12. The van der Waals surface area contributed by atoms with E-state index >= 15 is 0 Å². The molecule has 0 bridgehead atoms. The van der Waals surface area contributed by atoms with Crippen LogP contribution in [0.25, 0.3) is 10.8 Å². The molecule has 0 fully saturated rings. The summed E-state index contributed by atoms with van der Waals surface area (Å²) >= 11 is 0. The number of alkyl halides is 2. The van der Waals surface area contributed by atoms with Gasteiger partial charge in [0, 0.05) is 0 Å². The van der Waals surface area contributed by atoms with Gasteiger partial charge in [0.2, 0.25) is 0 Å². The quantitative estimate of drug-likeness (QED) is 0.923. The van der Waals surface area contributed by atoms with Gasteiger partial charge in [-0.3, -0.25) is 4.79 Å². The second-order valence-corrected chi connectivity index (χ2v) is 4.12. The molecule has 100 valence electrons. The van der Waals surface area contributed by atoms with Crippen LogP contribution in [0.1, 0.15) is 11.5 Å². The van der Waals surface area contributed by atoms with Crippen molar-refractivity contribution in [1.82, 2.24) is 0 Å². The molecule has 0 amide bonds. The minimum Gasteiger partial charge on any atom is -0.497 e. The van der Waals surface area contributed by atoms with Crippen LogP contribution in [-0.2, 0) is 4.79 Å². The minimum atomic E-state index is -2.94. The van der Waals surface area contributed by atoms with Crippen molar-refractivity contribution in [2.24, 2.45) is 0 Å². The molecular weight excluding hydrogens is 254 g/mol. The summed E-state index contributed by atoms with van der Waals surface area (Å²) in [5.74, 6) is -2.67. The van der Waals surface area contributed by atoms with Gasteiger partial charge in [0.15, 0.2) is 0 Å². The lowest BCUT2D eigenvalue weighted by Gasteiger charge is -2.12. The van der Waals surface area contributed by atoms with E-state index in [0.29, 0.717) is 11.1 Å². The van der Waals surface area contributed by atoms with E-state index in [4.69, 9.17) is 9.84 Å². The van der Waals surface area contributed by atoms with Crippen molar-refractivity contribution >= 4 is 16.7 Å². The number of hydrogen-bond acceptors (Lipinski definition) is 2. The van der Waals surface area contributed by atoms with Crippen LogP contribution in [0, 0.1) is 0 Å². The molecule has 0 heterocycles. The summed E-state index contributed by atoms with van der Waals surface area (Å²) in [7, 11) is 1.53. The molecule has 0 saturated carbocycles. The number of aliphatic carboxylic acids is 1. The average molecular weight is 266 g/mol. The minimum absolute atomic E-state index is 0.0974. The zero-order valence-electron chi connectivity index (χ0n) is 10.1. The van der Waals surface area contributed by atoms with Gasteiger partial charge in [-0.05, 0) is 28.5 Å². The van der Waals surface area contributed by atoms with Gasteiger partial charge in [0.25, 0.3) is 6.43 Å². The smallest absolute Gasteiger partial charge is 0.316 e. The highest BCUT2D eigenvalue weighted by atomic mass is 19.3. The Kier molecular flexibility index (Phi) is 3.64. The average Bonchev–Trinajstić information content (AvgIpc) is 2.37. The maximum atomic E-state index is 12.8. The van der Waals surface area contributed by atoms with Crippen molar-refractivity contribution < 1.29 is 23.4 Å². The predicted molar refractivity (Wildman–Crippen MR) is 66.9 cm³/mol. The zero-order valence-corrected chi connectivity index (χ0v) is 10.1. The van der Waals surface area contributed by atoms with Crippen LogP contribution in [0.3, 0.4) is 0 Å². The number of hydrogen-bond donors (Lipinski definition) is 1. The Balaban J connectivity index is 2.49. The van der Waals surface area contributed by atoms with E-state index < -0.39 is 18.3 Å². The van der Waals surface area contributed by atoms with Crippen LogP contribution in [0.4, 0.5) is 8.78 Å². The third-order valence-electron chi connectivity index (χ3n) is 2.95. The molecule has 2 aromatic rings. The first kappa shape index (κ1) is 13.3. The molecule has 2 aromatic carbocycles. The number of carbonyl (C=O) groups is 1. The number of carboxylic acids is 1. The van der Waals surface area contributed by atoms with Crippen molar-refractivity contribution in [2.45, 2.75) is 12.3 Å². The first-order valence-corrected chi connectivity index (χ1v) is 5.61. The highest BCUT2D eigenvalue weighted by molar-refractivity contribution is 5.86. The standard InChI is InChI=1S/C14H12F2O3/c1-19-11-5-4-8-6-10(3-2-9(8)7-11)12(13(15)16)14(17)18/h2-7,12-13H,1H3,(H,17,18). The second kappa shape index (κ2) is 5.22. The topological polar surface area (TPSA) is 46.5 Å². The number of ether oxygens (including phenoxy) is 1. The molecule has 0 radical (unpaired) electrons. The molecule has 2 rings (SSSR count). The lowest BCUT2D eigenvalue weighted by molar-refractivity contribution is -0.142. The van der Waals surface area contributed by atoms with E-state index in [9.17, 15) is 13.6 Å². The van der Waals surface area contributed by atoms with Gasteiger partial charge < -0.3 is 9.84 Å². The van der Waals surface area contributed by atoms with Gasteiger partial charge in [-0.25, -0.2) is 8.78 Å². The molecular formula is C14H12F2O3. The van der Waals surface area contributed by atoms with Gasteiger partial charge in [0.1, 0.15) is 11.7 Å². The van der Waals surface area contributed by atoms with Crippen molar-refractivity contribution in [3.63, 3.8) is 0 Å². The molecule has 1 N–H and O–H groups in total. The van der Waals surface area contributed by atoms with Crippen molar-refractivity contribution in [1.29, 1.82) is 0 Å². The number of benzene rings is 2. The van der Waals surface area contributed by atoms with E-state index in [-0.39, 0.29) is 5.56 Å². The van der Waals surface area contributed by atoms with Crippen molar-refractivity contribution in [3.8, 4) is 5.75 Å². The Morgan fingerprint density at radius 2 is 1.79 bits per heavy atom. The fourth-order valence-corrected chi connectivity index (χ4v) is 1.96. The molecule has 0 aliphatic heterocycles. The third kappa shape index (κ3) is 2.65. The van der Waals surface area contributed by atoms with E-state index in [1.165, 1.54) is 19.2 Å². The molecule has 3 nitrogen and oxygen atoms in total. The SMILES string of the molecule is COc1ccc2cc(C(C(=O)O)C(F)F)ccc2c1. The van der Waals surface area contributed by atoms with E-state index in [1.807, 2.05) is 0 Å². The van der Waals surface area contributed by atoms with Gasteiger partial charge >= 0.3 is 5.97 Å². The molecule has 0 saturated heterocycles. The summed E-state index contributed by atoms with van der Waals surface area (Å²) in [5.41, 5.74) is 0.0974. The highest BCUT2D eigenvalue weighted by Crippen LogP contribution is 2.28. The van der Waals surface area contributed by atoms with E-state index in [1.54, 1.807) is 24.3 Å². The van der Waals surface area contributed by atoms with Crippen LogP contribution >= 0.6 is 0 Å². The summed E-state index contributed by atoms with van der Waals surface area (Å²) in [6.07, 6.45) is -2.94. The van der Waals surface area contributed by atoms with Crippen LogP contribution < -0.4 is 4.74 Å². The lowest BCUT2D eigenvalue weighted by Crippen LogP contribution is -2.19. The summed E-state index contributed by atoms with van der Waals surface area (Å²) < 4.78 is 30.6. The van der Waals surface area contributed by atoms with Gasteiger partial charge in [0.05, 0.1) is 7.11 Å². The largest absolute Gasteiger partial charge is 0.497 e. The maximum Gasteiger partial charge on any atom is 0.316 e. The Labute approximate surface area is 108 Å². The highest BCUT2D eigenvalue weighted by Gasteiger charge is 2.29. The number of carboxylic acid groups (broad SMARTS) is 1. The molecule has 5 heteroatoms. The first-order chi connectivity index (χ1) is 9.02. The Morgan fingerprint density at radius 1 is 1.16 bits per heavy atom. The number of halogens is 2. The summed E-state index contributed by atoms with van der Waals surface area (Å²) in [4.78, 5) is 10.9. The normalized spacial score (nSPS) is 12.6. The molecule has 0 aliphatic carbocycles. The fourth-order valence-electron chi connectivity index (χ4n) is 1.96. The van der Waals surface area contributed by atoms with Crippen LogP contribution in [0.2, 0.25) is 0 Å². The number of methoxy groups -OCH3 is 1.